The number of carboxylic acids is 1. The Balaban J connectivity index is 4.25. The fourth-order valence-electron chi connectivity index (χ4n) is 1.13. The van der Waals surface area contributed by atoms with Crippen molar-refractivity contribution in [3.05, 3.63) is 12.2 Å². The van der Waals surface area contributed by atoms with Crippen LogP contribution < -0.4 is 0 Å². The standard InChI is InChI=1S/C12H22O3/c1-5-6-9-15-12(4,11(13)14)8-7-10(2)3/h5-6,10H,7-9H2,1-4H3,(H,13,14). The molecule has 0 aliphatic heterocycles. The first-order valence-electron chi connectivity index (χ1n) is 5.41. The average Bonchev–Trinajstić information content (AvgIpc) is 2.15. The first kappa shape index (κ1) is 14.2. The SMILES string of the molecule is CC=CCOC(C)(CCC(C)C)C(=O)O. The van der Waals surface area contributed by atoms with Gasteiger partial charge in [0.05, 0.1) is 6.61 Å². The van der Waals surface area contributed by atoms with E-state index in [-0.39, 0.29) is 0 Å². The summed E-state index contributed by atoms with van der Waals surface area (Å²) >= 11 is 0. The van der Waals surface area contributed by atoms with E-state index in [0.717, 1.165) is 6.42 Å². The summed E-state index contributed by atoms with van der Waals surface area (Å²) < 4.78 is 5.40. The minimum absolute atomic E-state index is 0.359. The molecule has 1 atom stereocenters. The van der Waals surface area contributed by atoms with Crippen molar-refractivity contribution in [3.63, 3.8) is 0 Å². The molecule has 0 bridgehead atoms. The Morgan fingerprint density at radius 2 is 2.13 bits per heavy atom. The van der Waals surface area contributed by atoms with Crippen molar-refractivity contribution in [2.24, 2.45) is 5.92 Å². The van der Waals surface area contributed by atoms with Crippen LogP contribution >= 0.6 is 0 Å². The Morgan fingerprint density at radius 3 is 2.53 bits per heavy atom. The van der Waals surface area contributed by atoms with Crippen molar-refractivity contribution >= 4 is 5.97 Å². The summed E-state index contributed by atoms with van der Waals surface area (Å²) in [4.78, 5) is 11.1. The van der Waals surface area contributed by atoms with Crippen LogP contribution in [0.4, 0.5) is 0 Å². The summed E-state index contributed by atoms with van der Waals surface area (Å²) in [6.07, 6.45) is 5.08. The van der Waals surface area contributed by atoms with Gasteiger partial charge in [0, 0.05) is 0 Å². The molecule has 0 heterocycles. The zero-order valence-corrected chi connectivity index (χ0v) is 10.1. The molecular weight excluding hydrogens is 192 g/mol. The molecule has 0 aromatic heterocycles. The van der Waals surface area contributed by atoms with Gasteiger partial charge in [-0.05, 0) is 32.6 Å². The molecule has 0 rings (SSSR count). The summed E-state index contributed by atoms with van der Waals surface area (Å²) in [7, 11) is 0. The van der Waals surface area contributed by atoms with Crippen LogP contribution in [-0.2, 0) is 9.53 Å². The van der Waals surface area contributed by atoms with E-state index in [4.69, 9.17) is 9.84 Å². The van der Waals surface area contributed by atoms with E-state index < -0.39 is 11.6 Å². The maximum absolute atomic E-state index is 11.1. The predicted octanol–water partition coefficient (Wildman–Crippen LogP) is 2.86. The first-order chi connectivity index (χ1) is 6.92. The highest BCUT2D eigenvalue weighted by Crippen LogP contribution is 2.21. The van der Waals surface area contributed by atoms with Crippen molar-refractivity contribution in [1.82, 2.24) is 0 Å². The monoisotopic (exact) mass is 214 g/mol. The number of rotatable bonds is 7. The fourth-order valence-corrected chi connectivity index (χ4v) is 1.13. The normalized spacial score (nSPS) is 15.8. The van der Waals surface area contributed by atoms with Gasteiger partial charge in [-0.25, -0.2) is 4.79 Å². The van der Waals surface area contributed by atoms with Crippen LogP contribution in [0.25, 0.3) is 0 Å². The van der Waals surface area contributed by atoms with E-state index in [1.807, 2.05) is 19.1 Å². The lowest BCUT2D eigenvalue weighted by atomic mass is 9.95. The molecule has 15 heavy (non-hydrogen) atoms. The first-order valence-corrected chi connectivity index (χ1v) is 5.41. The average molecular weight is 214 g/mol. The molecule has 0 aliphatic rings. The van der Waals surface area contributed by atoms with Crippen LogP contribution in [0.1, 0.15) is 40.5 Å². The van der Waals surface area contributed by atoms with Crippen LogP contribution in [0, 0.1) is 5.92 Å². The molecule has 3 heteroatoms. The molecule has 0 aliphatic carbocycles. The second kappa shape index (κ2) is 6.62. The van der Waals surface area contributed by atoms with Gasteiger partial charge in [0.1, 0.15) is 0 Å². The third-order valence-electron chi connectivity index (χ3n) is 2.38. The lowest BCUT2D eigenvalue weighted by molar-refractivity contribution is -0.163. The van der Waals surface area contributed by atoms with E-state index >= 15 is 0 Å². The largest absolute Gasteiger partial charge is 0.479 e. The van der Waals surface area contributed by atoms with E-state index in [0.29, 0.717) is 18.9 Å². The second-order valence-electron chi connectivity index (χ2n) is 4.35. The van der Waals surface area contributed by atoms with Crippen molar-refractivity contribution in [2.75, 3.05) is 6.61 Å². The van der Waals surface area contributed by atoms with Gasteiger partial charge in [-0.1, -0.05) is 26.0 Å². The van der Waals surface area contributed by atoms with E-state index in [2.05, 4.69) is 13.8 Å². The molecule has 3 nitrogen and oxygen atoms in total. The van der Waals surface area contributed by atoms with E-state index in [9.17, 15) is 4.79 Å². The molecule has 0 radical (unpaired) electrons. The van der Waals surface area contributed by atoms with Crippen molar-refractivity contribution in [3.8, 4) is 0 Å². The molecule has 0 aromatic carbocycles. The van der Waals surface area contributed by atoms with Gasteiger partial charge in [-0.2, -0.15) is 0 Å². The number of hydrogen-bond donors (Lipinski definition) is 1. The molecule has 88 valence electrons. The second-order valence-corrected chi connectivity index (χ2v) is 4.35. The summed E-state index contributed by atoms with van der Waals surface area (Å²) in [6.45, 7) is 8.04. The fraction of sp³-hybridized carbons (Fsp3) is 0.750. The number of aliphatic carboxylic acids is 1. The molecule has 0 amide bonds. The number of carbonyl (C=O) groups is 1. The molecule has 1 unspecified atom stereocenters. The van der Waals surface area contributed by atoms with Gasteiger partial charge >= 0.3 is 5.97 Å². The maximum Gasteiger partial charge on any atom is 0.335 e. The van der Waals surface area contributed by atoms with Gasteiger partial charge in [0.25, 0.3) is 0 Å². The molecule has 0 spiro atoms. The lowest BCUT2D eigenvalue weighted by Gasteiger charge is -2.25. The molecule has 0 fully saturated rings. The number of allylic oxidation sites excluding steroid dienone is 1. The third kappa shape index (κ3) is 5.57. The van der Waals surface area contributed by atoms with Crippen LogP contribution in [0.15, 0.2) is 12.2 Å². The highest BCUT2D eigenvalue weighted by atomic mass is 16.5. The van der Waals surface area contributed by atoms with E-state index in [1.165, 1.54) is 0 Å². The smallest absolute Gasteiger partial charge is 0.335 e. The highest BCUT2D eigenvalue weighted by molar-refractivity contribution is 5.76. The Morgan fingerprint density at radius 1 is 1.53 bits per heavy atom. The van der Waals surface area contributed by atoms with Gasteiger partial charge in [-0.15, -0.1) is 0 Å². The summed E-state index contributed by atoms with van der Waals surface area (Å²) in [5, 5.41) is 9.10. The van der Waals surface area contributed by atoms with Crippen LogP contribution in [0.2, 0.25) is 0 Å². The Kier molecular flexibility index (Phi) is 6.25. The van der Waals surface area contributed by atoms with Crippen molar-refractivity contribution in [1.29, 1.82) is 0 Å². The molecule has 0 saturated heterocycles. The Labute approximate surface area is 92.1 Å². The minimum atomic E-state index is -1.05. The minimum Gasteiger partial charge on any atom is -0.479 e. The topological polar surface area (TPSA) is 46.5 Å². The Hall–Kier alpha value is -0.830. The highest BCUT2D eigenvalue weighted by Gasteiger charge is 2.33. The number of ether oxygens (including phenoxy) is 1. The van der Waals surface area contributed by atoms with Crippen LogP contribution in [0.3, 0.4) is 0 Å². The van der Waals surface area contributed by atoms with Crippen LogP contribution in [-0.4, -0.2) is 23.3 Å². The van der Waals surface area contributed by atoms with Gasteiger partial charge in [-0.3, -0.25) is 0 Å². The van der Waals surface area contributed by atoms with Crippen LogP contribution in [0.5, 0.6) is 0 Å². The molecular formula is C12H22O3. The van der Waals surface area contributed by atoms with E-state index in [1.54, 1.807) is 6.92 Å². The number of carboxylic acid groups (broad SMARTS) is 1. The third-order valence-corrected chi connectivity index (χ3v) is 2.38. The van der Waals surface area contributed by atoms with Gasteiger partial charge < -0.3 is 9.84 Å². The lowest BCUT2D eigenvalue weighted by Crippen LogP contribution is -2.38. The summed E-state index contributed by atoms with van der Waals surface area (Å²) in [5.74, 6) is -0.387. The molecule has 0 aromatic rings. The van der Waals surface area contributed by atoms with Crippen molar-refractivity contribution < 1.29 is 14.6 Å². The zero-order valence-electron chi connectivity index (χ0n) is 10.1. The summed E-state index contributed by atoms with van der Waals surface area (Å²) in [5.41, 5.74) is -1.05. The molecule has 1 N–H and O–H groups in total. The van der Waals surface area contributed by atoms with Crippen molar-refractivity contribution in [2.45, 2.75) is 46.1 Å². The predicted molar refractivity (Wildman–Crippen MR) is 60.9 cm³/mol. The quantitative estimate of drug-likeness (QED) is 0.663. The van der Waals surface area contributed by atoms with Gasteiger partial charge in [0.15, 0.2) is 5.60 Å². The number of hydrogen-bond acceptors (Lipinski definition) is 2. The summed E-state index contributed by atoms with van der Waals surface area (Å²) in [6, 6.07) is 0. The Bertz CT molecular complexity index is 221. The molecule has 0 saturated carbocycles. The van der Waals surface area contributed by atoms with Gasteiger partial charge in [0.2, 0.25) is 0 Å². The zero-order chi connectivity index (χ0) is 11.9. The maximum atomic E-state index is 11.1.